The van der Waals surface area contributed by atoms with E-state index >= 15 is 0 Å². The molecule has 0 amide bonds. The van der Waals surface area contributed by atoms with Crippen LogP contribution < -0.4 is 11.5 Å². The standard InChI is InChI=1S/C18H19FN2O2S/c1-18(2)7-11(22)14-12(8-18)23-16(20)15(17(21)24)13(14)9-3-5-10(19)6-4-9/h3-6,13H,7-8,20H2,1-2H3,(H2,21,24)/t13-/m1/s1. The number of halogens is 1. The molecule has 0 spiro atoms. The van der Waals surface area contributed by atoms with E-state index in [4.69, 9.17) is 28.4 Å². The van der Waals surface area contributed by atoms with E-state index in [1.165, 1.54) is 12.1 Å². The Morgan fingerprint density at radius 2 is 1.92 bits per heavy atom. The van der Waals surface area contributed by atoms with Gasteiger partial charge in [-0.15, -0.1) is 0 Å². The molecule has 0 unspecified atom stereocenters. The van der Waals surface area contributed by atoms with E-state index < -0.39 is 5.92 Å². The van der Waals surface area contributed by atoms with Crippen LogP contribution in [0.1, 0.15) is 38.2 Å². The fourth-order valence-electron chi connectivity index (χ4n) is 3.42. The molecule has 0 saturated heterocycles. The summed E-state index contributed by atoms with van der Waals surface area (Å²) in [6.07, 6.45) is 0.995. The predicted octanol–water partition coefficient (Wildman–Crippen LogP) is 3.04. The topological polar surface area (TPSA) is 78.3 Å². The number of carbonyl (C=O) groups is 1. The van der Waals surface area contributed by atoms with Crippen LogP contribution >= 0.6 is 12.2 Å². The maximum Gasteiger partial charge on any atom is 0.197 e. The number of ketones is 1. The Labute approximate surface area is 145 Å². The number of Topliss-reactive ketones (excluding diaryl/α,β-unsaturated/α-hetero) is 1. The summed E-state index contributed by atoms with van der Waals surface area (Å²) in [5.74, 6) is -0.221. The quantitative estimate of drug-likeness (QED) is 0.805. The second-order valence-electron chi connectivity index (χ2n) is 7.01. The average Bonchev–Trinajstić information content (AvgIpc) is 2.44. The smallest absolute Gasteiger partial charge is 0.197 e. The highest BCUT2D eigenvalue weighted by molar-refractivity contribution is 7.80. The van der Waals surface area contributed by atoms with Crippen molar-refractivity contribution in [3.63, 3.8) is 0 Å². The first-order valence-corrected chi connectivity index (χ1v) is 8.09. The molecule has 2 aliphatic rings. The third kappa shape index (κ3) is 2.82. The number of hydrogen-bond donors (Lipinski definition) is 2. The molecule has 1 aliphatic heterocycles. The molecule has 4 N–H and O–H groups in total. The first-order chi connectivity index (χ1) is 11.2. The Bertz CT molecular complexity index is 794. The Hall–Kier alpha value is -2.21. The number of nitrogens with two attached hydrogens (primary N) is 2. The van der Waals surface area contributed by atoms with E-state index in [2.05, 4.69) is 0 Å². The summed E-state index contributed by atoms with van der Waals surface area (Å²) in [7, 11) is 0. The van der Waals surface area contributed by atoms with Gasteiger partial charge in [0.15, 0.2) is 11.7 Å². The lowest BCUT2D eigenvalue weighted by Crippen LogP contribution is -2.36. The van der Waals surface area contributed by atoms with E-state index in [-0.39, 0.29) is 27.9 Å². The number of benzene rings is 1. The number of carbonyl (C=O) groups excluding carboxylic acids is 1. The molecule has 1 aromatic rings. The molecule has 1 heterocycles. The number of allylic oxidation sites excluding steroid dienone is 2. The summed E-state index contributed by atoms with van der Waals surface area (Å²) in [6, 6.07) is 5.92. The Balaban J connectivity index is 2.19. The SMILES string of the molecule is CC1(C)CC(=O)C2=C(C1)OC(N)=C(C(N)=S)[C@@H]2c1ccc(F)cc1. The van der Waals surface area contributed by atoms with Crippen molar-refractivity contribution in [2.75, 3.05) is 0 Å². The molecule has 0 aromatic heterocycles. The van der Waals surface area contributed by atoms with Crippen LogP contribution in [0.4, 0.5) is 4.39 Å². The molecule has 1 atom stereocenters. The molecular formula is C18H19FN2O2S. The lowest BCUT2D eigenvalue weighted by molar-refractivity contribution is -0.119. The predicted molar refractivity (Wildman–Crippen MR) is 93.3 cm³/mol. The van der Waals surface area contributed by atoms with Crippen LogP contribution in [-0.4, -0.2) is 10.8 Å². The van der Waals surface area contributed by atoms with E-state index in [1.54, 1.807) is 12.1 Å². The third-order valence-corrected chi connectivity index (χ3v) is 4.64. The van der Waals surface area contributed by atoms with Crippen LogP contribution in [0.2, 0.25) is 0 Å². The van der Waals surface area contributed by atoms with Gasteiger partial charge in [-0.1, -0.05) is 38.2 Å². The largest absolute Gasteiger partial charge is 0.445 e. The minimum absolute atomic E-state index is 0.0168. The lowest BCUT2D eigenvalue weighted by atomic mass is 9.70. The van der Waals surface area contributed by atoms with Crippen LogP contribution in [0.15, 0.2) is 47.1 Å². The minimum atomic E-state index is -0.518. The van der Waals surface area contributed by atoms with Gasteiger partial charge in [-0.3, -0.25) is 4.79 Å². The third-order valence-electron chi connectivity index (χ3n) is 4.42. The number of rotatable bonds is 2. The van der Waals surface area contributed by atoms with Gasteiger partial charge in [0.1, 0.15) is 16.6 Å². The van der Waals surface area contributed by atoms with Gasteiger partial charge in [-0.2, -0.15) is 0 Å². The van der Waals surface area contributed by atoms with Gasteiger partial charge >= 0.3 is 0 Å². The van der Waals surface area contributed by atoms with Gasteiger partial charge in [0.2, 0.25) is 0 Å². The van der Waals surface area contributed by atoms with Gasteiger partial charge in [0.05, 0.1) is 5.57 Å². The van der Waals surface area contributed by atoms with Crippen molar-refractivity contribution in [1.82, 2.24) is 0 Å². The van der Waals surface area contributed by atoms with E-state index in [1.807, 2.05) is 13.8 Å². The molecule has 1 aromatic carbocycles. The van der Waals surface area contributed by atoms with E-state index in [0.29, 0.717) is 35.3 Å². The Kier molecular flexibility index (Phi) is 3.95. The monoisotopic (exact) mass is 346 g/mol. The molecule has 24 heavy (non-hydrogen) atoms. The zero-order valence-corrected chi connectivity index (χ0v) is 14.4. The molecule has 0 fully saturated rings. The van der Waals surface area contributed by atoms with Gasteiger partial charge < -0.3 is 16.2 Å². The Morgan fingerprint density at radius 1 is 1.29 bits per heavy atom. The molecular weight excluding hydrogens is 327 g/mol. The molecule has 6 heteroatoms. The van der Waals surface area contributed by atoms with Crippen molar-refractivity contribution in [2.45, 2.75) is 32.6 Å². The van der Waals surface area contributed by atoms with Crippen molar-refractivity contribution in [2.24, 2.45) is 16.9 Å². The molecule has 1 aliphatic carbocycles. The van der Waals surface area contributed by atoms with Crippen LogP contribution in [0, 0.1) is 11.2 Å². The number of hydrogen-bond acceptors (Lipinski definition) is 4. The van der Waals surface area contributed by atoms with Crippen LogP contribution in [0.5, 0.6) is 0 Å². The zero-order valence-electron chi connectivity index (χ0n) is 13.6. The number of thiocarbonyl (C=S) groups is 1. The maximum atomic E-state index is 13.3. The molecule has 0 saturated carbocycles. The van der Waals surface area contributed by atoms with Gasteiger partial charge in [-0.05, 0) is 23.1 Å². The van der Waals surface area contributed by atoms with Crippen molar-refractivity contribution in [3.8, 4) is 0 Å². The highest BCUT2D eigenvalue weighted by atomic mass is 32.1. The first kappa shape index (κ1) is 16.6. The number of ether oxygens (including phenoxy) is 1. The fourth-order valence-corrected chi connectivity index (χ4v) is 3.64. The van der Waals surface area contributed by atoms with Crippen LogP contribution in [0.25, 0.3) is 0 Å². The van der Waals surface area contributed by atoms with Crippen molar-refractivity contribution in [3.05, 3.63) is 58.4 Å². The second-order valence-corrected chi connectivity index (χ2v) is 7.45. The fraction of sp³-hybridized carbons (Fsp3) is 0.333. The molecule has 126 valence electrons. The lowest BCUT2D eigenvalue weighted by Gasteiger charge is -2.38. The summed E-state index contributed by atoms with van der Waals surface area (Å²) in [6.45, 7) is 4.02. The van der Waals surface area contributed by atoms with Gasteiger partial charge in [0.25, 0.3) is 0 Å². The average molecular weight is 346 g/mol. The van der Waals surface area contributed by atoms with Gasteiger partial charge in [-0.25, -0.2) is 4.39 Å². The maximum absolute atomic E-state index is 13.3. The zero-order chi connectivity index (χ0) is 17.6. The molecule has 3 rings (SSSR count). The highest BCUT2D eigenvalue weighted by Crippen LogP contribution is 2.47. The summed E-state index contributed by atoms with van der Waals surface area (Å²) in [5, 5.41) is 0. The first-order valence-electron chi connectivity index (χ1n) is 7.68. The molecule has 4 nitrogen and oxygen atoms in total. The summed E-state index contributed by atoms with van der Waals surface area (Å²) < 4.78 is 19.0. The van der Waals surface area contributed by atoms with E-state index in [0.717, 1.165) is 0 Å². The highest BCUT2D eigenvalue weighted by Gasteiger charge is 2.43. The van der Waals surface area contributed by atoms with Crippen molar-refractivity contribution < 1.29 is 13.9 Å². The van der Waals surface area contributed by atoms with Crippen molar-refractivity contribution >= 4 is 23.0 Å². The Morgan fingerprint density at radius 3 is 2.50 bits per heavy atom. The van der Waals surface area contributed by atoms with Crippen LogP contribution in [-0.2, 0) is 9.53 Å². The summed E-state index contributed by atoms with van der Waals surface area (Å²) in [5.41, 5.74) is 13.3. The minimum Gasteiger partial charge on any atom is -0.445 e. The summed E-state index contributed by atoms with van der Waals surface area (Å²) in [4.78, 5) is 12.9. The van der Waals surface area contributed by atoms with E-state index in [9.17, 15) is 9.18 Å². The normalized spacial score (nSPS) is 23.0. The summed E-state index contributed by atoms with van der Waals surface area (Å²) >= 11 is 5.12. The second kappa shape index (κ2) is 5.70. The van der Waals surface area contributed by atoms with Gasteiger partial charge in [0, 0.05) is 24.3 Å². The molecule has 0 radical (unpaired) electrons. The van der Waals surface area contributed by atoms with Crippen LogP contribution in [0.3, 0.4) is 0 Å². The molecule has 0 bridgehead atoms. The van der Waals surface area contributed by atoms with Crippen molar-refractivity contribution in [1.29, 1.82) is 0 Å².